The summed E-state index contributed by atoms with van der Waals surface area (Å²) in [6.07, 6.45) is 0. The first-order valence-corrected chi connectivity index (χ1v) is 7.41. The molecule has 0 bridgehead atoms. The molecule has 98 valence electrons. The van der Waals surface area contributed by atoms with E-state index in [0.29, 0.717) is 11.4 Å². The number of nitrogens with one attached hydrogen (secondary N) is 1. The minimum Gasteiger partial charge on any atom is -0.365 e. The quantitative estimate of drug-likeness (QED) is 0.861. The van der Waals surface area contributed by atoms with E-state index in [1.165, 1.54) is 0 Å². The van der Waals surface area contributed by atoms with Crippen molar-refractivity contribution in [2.24, 2.45) is 0 Å². The van der Waals surface area contributed by atoms with Crippen molar-refractivity contribution in [3.8, 4) is 0 Å². The van der Waals surface area contributed by atoms with Crippen molar-refractivity contribution in [1.29, 1.82) is 0 Å². The molecule has 1 aliphatic heterocycles. The van der Waals surface area contributed by atoms with Crippen molar-refractivity contribution < 1.29 is 0 Å². The maximum atomic E-state index is 11.8. The summed E-state index contributed by atoms with van der Waals surface area (Å²) in [7, 11) is 0. The molecule has 0 unspecified atom stereocenters. The first-order chi connectivity index (χ1) is 9.27. The van der Waals surface area contributed by atoms with Crippen molar-refractivity contribution in [2.45, 2.75) is 0 Å². The fraction of sp³-hybridized carbons (Fsp3) is 0.286. The van der Waals surface area contributed by atoms with E-state index in [1.807, 2.05) is 47.0 Å². The molecular formula is C14H14N2O2S. The van der Waals surface area contributed by atoms with E-state index in [1.54, 1.807) is 0 Å². The number of benzene rings is 1. The summed E-state index contributed by atoms with van der Waals surface area (Å²) in [6.45, 7) is 1.66. The van der Waals surface area contributed by atoms with Crippen LogP contribution in [0.4, 0.5) is 17.1 Å². The molecule has 2 aromatic carbocycles. The molecule has 0 aromatic heterocycles. The molecule has 19 heavy (non-hydrogen) atoms. The van der Waals surface area contributed by atoms with Crippen molar-refractivity contribution in [2.75, 3.05) is 34.8 Å². The molecule has 5 heteroatoms. The second-order valence-electron chi connectivity index (χ2n) is 4.47. The maximum absolute atomic E-state index is 11.8. The van der Waals surface area contributed by atoms with E-state index in [2.05, 4.69) is 5.32 Å². The van der Waals surface area contributed by atoms with Crippen LogP contribution in [0.15, 0.2) is 39.9 Å². The predicted octanol–water partition coefficient (Wildman–Crippen LogP) is 1.58. The average Bonchev–Trinajstić information content (AvgIpc) is 2.48. The summed E-state index contributed by atoms with van der Waals surface area (Å²) in [5.74, 6) is 2.01. The lowest BCUT2D eigenvalue weighted by Crippen LogP contribution is -2.45. The number of hydrogen-bond donors (Lipinski definition) is 1. The largest absolute Gasteiger partial charge is 0.365 e. The van der Waals surface area contributed by atoms with Gasteiger partial charge in [0.15, 0.2) is 0 Å². The molecule has 1 aliphatic rings. The van der Waals surface area contributed by atoms with Gasteiger partial charge in [0, 0.05) is 30.3 Å². The summed E-state index contributed by atoms with van der Waals surface area (Å²) >= 11 is 1.88. The highest BCUT2D eigenvalue weighted by Crippen LogP contribution is 2.26. The first kappa shape index (κ1) is 12.3. The molecule has 0 spiro atoms. The lowest BCUT2D eigenvalue weighted by atomic mass is 10.1. The van der Waals surface area contributed by atoms with Gasteiger partial charge in [-0.25, -0.2) is 0 Å². The van der Waals surface area contributed by atoms with Gasteiger partial charge < -0.3 is 10.2 Å². The van der Waals surface area contributed by atoms with Crippen LogP contribution in [-0.4, -0.2) is 24.6 Å². The van der Waals surface area contributed by atoms with Gasteiger partial charge in [-0.05, 0) is 12.1 Å². The van der Waals surface area contributed by atoms with Gasteiger partial charge in [-0.3, -0.25) is 9.59 Å². The third-order valence-corrected chi connectivity index (χ3v) is 4.20. The Labute approximate surface area is 115 Å². The van der Waals surface area contributed by atoms with Crippen LogP contribution in [0.25, 0.3) is 0 Å². The molecule has 1 N–H and O–H groups in total. The summed E-state index contributed by atoms with van der Waals surface area (Å²) in [6, 6.07) is 9.46. The fourth-order valence-corrected chi connectivity index (χ4v) is 3.15. The van der Waals surface area contributed by atoms with Crippen LogP contribution >= 0.6 is 11.8 Å². The van der Waals surface area contributed by atoms with Crippen LogP contribution in [0, 0.1) is 0 Å². The molecule has 1 fully saturated rings. The van der Waals surface area contributed by atoms with Crippen LogP contribution in [-0.2, 0) is 0 Å². The van der Waals surface area contributed by atoms with E-state index in [0.717, 1.165) is 30.3 Å². The predicted molar refractivity (Wildman–Crippen MR) is 80.6 cm³/mol. The van der Waals surface area contributed by atoms with Crippen LogP contribution in [0.1, 0.15) is 0 Å². The van der Waals surface area contributed by atoms with Gasteiger partial charge in [-0.15, -0.1) is 0 Å². The first-order valence-electron chi connectivity index (χ1n) is 6.25. The molecule has 0 radical (unpaired) electrons. The Bertz CT molecular complexity index is 641. The van der Waals surface area contributed by atoms with Crippen LogP contribution < -0.4 is 21.1 Å². The summed E-state index contributed by atoms with van der Waals surface area (Å²) in [4.78, 5) is 25.5. The molecule has 0 atom stereocenters. The van der Waals surface area contributed by atoms with Gasteiger partial charge in [0.2, 0.25) is 0 Å². The van der Waals surface area contributed by atoms with Crippen molar-refractivity contribution in [3.05, 3.63) is 50.8 Å². The normalized spacial score (nSPS) is 15.7. The minimum atomic E-state index is -0.405. The lowest BCUT2D eigenvalue weighted by Gasteiger charge is -2.30. The third-order valence-electron chi connectivity index (χ3n) is 3.26. The molecule has 1 saturated heterocycles. The number of para-hydroxylation sites is 1. The SMILES string of the molecule is O=c1c(Nc2ccccc2)c(N2CCSCC2)c1=O. The Morgan fingerprint density at radius 3 is 2.37 bits per heavy atom. The molecule has 2 aromatic rings. The van der Waals surface area contributed by atoms with Gasteiger partial charge in [0.1, 0.15) is 11.4 Å². The molecule has 4 nitrogen and oxygen atoms in total. The molecule has 3 rings (SSSR count). The minimum absolute atomic E-state index is 0.356. The molecule has 0 saturated carbocycles. The zero-order chi connectivity index (χ0) is 13.2. The second kappa shape index (κ2) is 5.09. The summed E-state index contributed by atoms with van der Waals surface area (Å²) in [5.41, 5.74) is 1.09. The van der Waals surface area contributed by atoms with Gasteiger partial charge in [0.25, 0.3) is 10.9 Å². The number of anilines is 3. The fourth-order valence-electron chi connectivity index (χ4n) is 2.25. The van der Waals surface area contributed by atoms with Gasteiger partial charge >= 0.3 is 0 Å². The van der Waals surface area contributed by atoms with Crippen molar-refractivity contribution in [1.82, 2.24) is 0 Å². The van der Waals surface area contributed by atoms with Gasteiger partial charge in [0.05, 0.1) is 0 Å². The number of rotatable bonds is 3. The Morgan fingerprint density at radius 2 is 1.68 bits per heavy atom. The van der Waals surface area contributed by atoms with Crippen molar-refractivity contribution in [3.63, 3.8) is 0 Å². The van der Waals surface area contributed by atoms with E-state index in [4.69, 9.17) is 0 Å². The van der Waals surface area contributed by atoms with Crippen molar-refractivity contribution >= 4 is 28.8 Å². The van der Waals surface area contributed by atoms with E-state index in [9.17, 15) is 9.59 Å². The zero-order valence-corrected chi connectivity index (χ0v) is 11.2. The monoisotopic (exact) mass is 274 g/mol. The highest BCUT2D eigenvalue weighted by atomic mass is 32.2. The number of nitrogens with zero attached hydrogens (tertiary/aromatic N) is 1. The van der Waals surface area contributed by atoms with E-state index in [-0.39, 0.29) is 5.43 Å². The average molecular weight is 274 g/mol. The van der Waals surface area contributed by atoms with Gasteiger partial charge in [-0.2, -0.15) is 11.8 Å². The van der Waals surface area contributed by atoms with E-state index >= 15 is 0 Å². The molecule has 0 aliphatic carbocycles. The molecule has 0 amide bonds. The Balaban J connectivity index is 1.88. The highest BCUT2D eigenvalue weighted by molar-refractivity contribution is 7.99. The summed E-state index contributed by atoms with van der Waals surface area (Å²) in [5, 5.41) is 3.07. The lowest BCUT2D eigenvalue weighted by molar-refractivity contribution is 0.849. The van der Waals surface area contributed by atoms with Crippen LogP contribution in [0.2, 0.25) is 0 Å². The second-order valence-corrected chi connectivity index (χ2v) is 5.70. The smallest absolute Gasteiger partial charge is 0.253 e. The van der Waals surface area contributed by atoms with Gasteiger partial charge in [-0.1, -0.05) is 18.2 Å². The summed E-state index contributed by atoms with van der Waals surface area (Å²) < 4.78 is 0. The van der Waals surface area contributed by atoms with Crippen LogP contribution in [0.3, 0.4) is 0 Å². The molecule has 1 heterocycles. The topological polar surface area (TPSA) is 49.4 Å². The highest BCUT2D eigenvalue weighted by Gasteiger charge is 2.26. The molecular weight excluding hydrogens is 260 g/mol. The maximum Gasteiger partial charge on any atom is 0.253 e. The number of hydrogen-bond acceptors (Lipinski definition) is 5. The van der Waals surface area contributed by atoms with E-state index < -0.39 is 5.43 Å². The number of thioether (sulfide) groups is 1. The Hall–Kier alpha value is -1.75. The Morgan fingerprint density at radius 1 is 1.00 bits per heavy atom. The third kappa shape index (κ3) is 2.26. The Kier molecular flexibility index (Phi) is 3.29. The zero-order valence-electron chi connectivity index (χ0n) is 10.4. The van der Waals surface area contributed by atoms with Crippen LogP contribution in [0.5, 0.6) is 0 Å². The standard InChI is InChI=1S/C14H14N2O2S/c17-13-11(15-10-4-2-1-3-5-10)12(14(13)18)16-6-8-19-9-7-16/h1-5,15H,6-9H2.